The number of halogens is 3. The van der Waals surface area contributed by atoms with Crippen LogP contribution in [0.25, 0.3) is 22.3 Å². The Balaban J connectivity index is 1.57. The van der Waals surface area contributed by atoms with Crippen molar-refractivity contribution in [3.63, 3.8) is 0 Å². The highest BCUT2D eigenvalue weighted by molar-refractivity contribution is 5.91. The fourth-order valence-corrected chi connectivity index (χ4v) is 4.46. The molecule has 1 aliphatic heterocycles. The number of hydrogen-bond acceptors (Lipinski definition) is 5. The normalized spacial score (nSPS) is 14.9. The molecule has 2 aromatic carbocycles. The minimum Gasteiger partial charge on any atom is -0.343 e. The molecule has 1 saturated heterocycles. The van der Waals surface area contributed by atoms with Crippen molar-refractivity contribution in [3.8, 4) is 11.4 Å². The second-order valence-electron chi connectivity index (χ2n) is 8.57. The van der Waals surface area contributed by atoms with Crippen molar-refractivity contribution in [2.75, 3.05) is 18.4 Å². The molecule has 0 atom stereocenters. The Morgan fingerprint density at radius 3 is 2.51 bits per heavy atom. The molecule has 35 heavy (non-hydrogen) atoms. The van der Waals surface area contributed by atoms with Gasteiger partial charge in [0.25, 0.3) is 0 Å². The maximum absolute atomic E-state index is 13.8. The molecule has 5 rings (SSSR count). The number of anilines is 2. The van der Waals surface area contributed by atoms with Gasteiger partial charge in [-0.05, 0) is 31.0 Å². The largest absolute Gasteiger partial charge is 0.417 e. The minimum atomic E-state index is -4.55. The quantitative estimate of drug-likeness (QED) is 0.402. The van der Waals surface area contributed by atoms with Gasteiger partial charge >= 0.3 is 6.18 Å². The molecule has 10 heteroatoms. The van der Waals surface area contributed by atoms with Gasteiger partial charge in [0.1, 0.15) is 5.82 Å². The van der Waals surface area contributed by atoms with E-state index in [0.717, 1.165) is 17.0 Å². The molecule has 1 amide bonds. The van der Waals surface area contributed by atoms with E-state index in [4.69, 9.17) is 0 Å². The molecule has 1 fully saturated rings. The maximum Gasteiger partial charge on any atom is 0.417 e. The average molecular weight is 480 g/mol. The van der Waals surface area contributed by atoms with Gasteiger partial charge < -0.3 is 10.2 Å². The summed E-state index contributed by atoms with van der Waals surface area (Å²) in [5.41, 5.74) is 0.582. The summed E-state index contributed by atoms with van der Waals surface area (Å²) in [5.74, 6) is 0.868. The second-order valence-corrected chi connectivity index (χ2v) is 8.57. The first-order valence-corrected chi connectivity index (χ1v) is 11.3. The highest BCUT2D eigenvalue weighted by Gasteiger charge is 2.34. The third kappa shape index (κ3) is 4.68. The summed E-state index contributed by atoms with van der Waals surface area (Å²) in [6, 6.07) is 14.6. The van der Waals surface area contributed by atoms with Crippen LogP contribution >= 0.6 is 0 Å². The van der Waals surface area contributed by atoms with E-state index in [-0.39, 0.29) is 23.2 Å². The Bertz CT molecular complexity index is 1380. The number of likely N-dealkylation sites (tertiary alicyclic amines) is 1. The predicted molar refractivity (Wildman–Crippen MR) is 126 cm³/mol. The number of aromatic amines is 1. The molecule has 180 valence electrons. The van der Waals surface area contributed by atoms with Crippen molar-refractivity contribution in [1.29, 1.82) is 0 Å². The molecule has 0 aliphatic carbocycles. The van der Waals surface area contributed by atoms with Gasteiger partial charge in [0, 0.05) is 48.6 Å². The van der Waals surface area contributed by atoms with Crippen LogP contribution in [-0.4, -0.2) is 44.1 Å². The van der Waals surface area contributed by atoms with Crippen molar-refractivity contribution in [1.82, 2.24) is 25.1 Å². The summed E-state index contributed by atoms with van der Waals surface area (Å²) in [4.78, 5) is 22.5. The van der Waals surface area contributed by atoms with Crippen LogP contribution in [0.4, 0.5) is 24.8 Å². The molecule has 4 aromatic rings. The van der Waals surface area contributed by atoms with Crippen LogP contribution < -0.4 is 5.32 Å². The Morgan fingerprint density at radius 2 is 1.77 bits per heavy atom. The zero-order chi connectivity index (χ0) is 24.6. The molecule has 0 bridgehead atoms. The topological polar surface area (TPSA) is 86.8 Å². The zero-order valence-electron chi connectivity index (χ0n) is 18.9. The average Bonchev–Trinajstić information content (AvgIpc) is 3.26. The smallest absolute Gasteiger partial charge is 0.343 e. The van der Waals surface area contributed by atoms with Crippen molar-refractivity contribution in [3.05, 3.63) is 65.9 Å². The number of amides is 1. The van der Waals surface area contributed by atoms with Crippen LogP contribution in [0.2, 0.25) is 0 Å². The third-order valence-corrected chi connectivity index (χ3v) is 6.29. The van der Waals surface area contributed by atoms with Crippen LogP contribution in [0.15, 0.2) is 54.6 Å². The number of para-hydroxylation sites is 1. The van der Waals surface area contributed by atoms with Gasteiger partial charge in [0.15, 0.2) is 11.6 Å². The van der Waals surface area contributed by atoms with Gasteiger partial charge in [-0.2, -0.15) is 18.3 Å². The van der Waals surface area contributed by atoms with Crippen LogP contribution in [0, 0.1) is 0 Å². The summed E-state index contributed by atoms with van der Waals surface area (Å²) in [6.07, 6.45) is -3.21. The molecule has 2 N–H and O–H groups in total. The van der Waals surface area contributed by atoms with E-state index in [0.29, 0.717) is 43.3 Å². The van der Waals surface area contributed by atoms with Crippen LogP contribution in [-0.2, 0) is 11.0 Å². The minimum absolute atomic E-state index is 0.00763. The molecule has 0 unspecified atom stereocenters. The van der Waals surface area contributed by atoms with E-state index in [1.165, 1.54) is 19.1 Å². The van der Waals surface area contributed by atoms with Crippen LogP contribution in [0.3, 0.4) is 0 Å². The van der Waals surface area contributed by atoms with Gasteiger partial charge in [-0.3, -0.25) is 9.89 Å². The summed E-state index contributed by atoms with van der Waals surface area (Å²) in [6.45, 7) is 2.68. The molecule has 0 radical (unpaired) electrons. The Kier molecular flexibility index (Phi) is 5.88. The lowest BCUT2D eigenvalue weighted by atomic mass is 9.93. The third-order valence-electron chi connectivity index (χ3n) is 6.29. The fraction of sp³-hybridized carbons (Fsp3) is 0.280. The number of nitrogens with zero attached hydrogens (tertiary/aromatic N) is 4. The van der Waals surface area contributed by atoms with Crippen molar-refractivity contribution < 1.29 is 18.0 Å². The number of piperidine rings is 1. The Morgan fingerprint density at radius 1 is 1.06 bits per heavy atom. The number of hydrogen-bond donors (Lipinski definition) is 2. The van der Waals surface area contributed by atoms with Crippen molar-refractivity contribution >= 4 is 28.4 Å². The molecule has 1 aliphatic rings. The molecule has 2 aromatic heterocycles. The highest BCUT2D eigenvalue weighted by Crippen LogP contribution is 2.37. The number of fused-ring (bicyclic) bond motifs is 1. The highest BCUT2D eigenvalue weighted by atomic mass is 19.4. The summed E-state index contributed by atoms with van der Waals surface area (Å²) >= 11 is 0. The first kappa shape index (κ1) is 22.8. The Labute approximate surface area is 199 Å². The van der Waals surface area contributed by atoms with E-state index < -0.39 is 11.7 Å². The number of H-pyrrole nitrogens is 1. The number of aromatic nitrogens is 4. The number of carbonyl (C=O) groups excluding carboxylic acids is 1. The van der Waals surface area contributed by atoms with Crippen molar-refractivity contribution in [2.45, 2.75) is 31.9 Å². The first-order chi connectivity index (χ1) is 16.8. The maximum atomic E-state index is 13.8. The van der Waals surface area contributed by atoms with Crippen LogP contribution in [0.5, 0.6) is 0 Å². The number of rotatable bonds is 4. The van der Waals surface area contributed by atoms with Crippen LogP contribution in [0.1, 0.15) is 36.9 Å². The number of carbonyl (C=O) groups is 1. The molecule has 0 saturated carbocycles. The van der Waals surface area contributed by atoms with Gasteiger partial charge in [-0.15, -0.1) is 0 Å². The van der Waals surface area contributed by atoms with Gasteiger partial charge in [0.2, 0.25) is 5.91 Å². The fourth-order valence-electron chi connectivity index (χ4n) is 4.46. The van der Waals surface area contributed by atoms with E-state index in [2.05, 4.69) is 25.5 Å². The Hall–Kier alpha value is -3.95. The van der Waals surface area contributed by atoms with Gasteiger partial charge in [0.05, 0.1) is 11.1 Å². The summed E-state index contributed by atoms with van der Waals surface area (Å²) < 4.78 is 41.3. The zero-order valence-corrected chi connectivity index (χ0v) is 18.9. The monoisotopic (exact) mass is 480 g/mol. The summed E-state index contributed by atoms with van der Waals surface area (Å²) in [5, 5.41) is 11.2. The van der Waals surface area contributed by atoms with E-state index in [9.17, 15) is 18.0 Å². The van der Waals surface area contributed by atoms with Gasteiger partial charge in [-0.1, -0.05) is 30.3 Å². The molecule has 3 heterocycles. The SMILES string of the molecule is CC(=O)N1CCC(c2cc(Nc3n[nH]c4ccccc34)nc(-c3ccccc3C(F)(F)F)n2)CC1. The molecule has 7 nitrogen and oxygen atoms in total. The second kappa shape index (κ2) is 9.01. The van der Waals surface area contributed by atoms with E-state index >= 15 is 0 Å². The first-order valence-electron chi connectivity index (χ1n) is 11.3. The number of alkyl halides is 3. The van der Waals surface area contributed by atoms with E-state index in [1.807, 2.05) is 24.3 Å². The van der Waals surface area contributed by atoms with Gasteiger partial charge in [-0.25, -0.2) is 9.97 Å². The predicted octanol–water partition coefficient (Wildman–Crippen LogP) is 5.51. The lowest BCUT2D eigenvalue weighted by Crippen LogP contribution is -2.36. The molecule has 0 spiro atoms. The number of benzene rings is 2. The molecular formula is C25H23F3N6O. The lowest BCUT2D eigenvalue weighted by Gasteiger charge is -2.31. The van der Waals surface area contributed by atoms with E-state index in [1.54, 1.807) is 17.0 Å². The standard InChI is InChI=1S/C25H23F3N6O/c1-15(35)34-12-10-16(11-13-34)21-14-22(31-24-18-7-3-5-9-20(18)32-33-24)30-23(29-21)17-6-2-4-8-19(17)25(26,27)28/h2-9,14,16H,10-13H2,1H3,(H2,29,30,31,32,33). The summed E-state index contributed by atoms with van der Waals surface area (Å²) in [7, 11) is 0. The molecular weight excluding hydrogens is 457 g/mol. The number of nitrogens with one attached hydrogen (secondary N) is 2. The lowest BCUT2D eigenvalue weighted by molar-refractivity contribution is -0.137. The van der Waals surface area contributed by atoms with Crippen molar-refractivity contribution in [2.24, 2.45) is 0 Å².